The number of carbonyl (C=O) groups is 2. The third kappa shape index (κ3) is 14.6. The van der Waals surface area contributed by atoms with Gasteiger partial charge in [-0.1, -0.05) is 91.0 Å². The summed E-state index contributed by atoms with van der Waals surface area (Å²) in [6, 6.07) is 55.7. The number of aromatic nitrogens is 1. The molecule has 0 saturated carbocycles. The molecule has 6 aromatic rings. The fourth-order valence-corrected chi connectivity index (χ4v) is 10.5. The molecule has 0 spiro atoms. The summed E-state index contributed by atoms with van der Waals surface area (Å²) in [6.07, 6.45) is 16.4. The van der Waals surface area contributed by atoms with Crippen molar-refractivity contribution in [2.75, 3.05) is 69.0 Å². The fraction of sp³-hybridized carbons (Fsp3) is 0.306. The van der Waals surface area contributed by atoms with Gasteiger partial charge in [0.2, 0.25) is 11.8 Å². The number of piperidine rings is 2. The van der Waals surface area contributed by atoms with Crippen LogP contribution in [0.2, 0.25) is 0 Å². The zero-order chi connectivity index (χ0) is 51.6. The number of benzene rings is 5. The quantitative estimate of drug-likeness (QED) is 0.0871. The molecule has 0 atom stereocenters. The SMILES string of the molecule is N#Cc1ccc(CN2C=CN(CC(=O)N(CCc3ccccc3)C3CCN(c4ccccc4)CC3)C2)cc1.N#Cc1ccc(CN2C=CN(CC(=O)N(Cc3ccncc3)C3CCN(c4ccccc4)CC3)C2)cc1. The van der Waals surface area contributed by atoms with E-state index in [0.717, 1.165) is 94.6 Å². The van der Waals surface area contributed by atoms with Gasteiger partial charge >= 0.3 is 0 Å². The van der Waals surface area contributed by atoms with Crippen LogP contribution in [0.3, 0.4) is 0 Å². The molecular weight excluding hydrogens is 931 g/mol. The molecule has 10 rings (SSSR count). The monoisotopic (exact) mass is 998 g/mol. The van der Waals surface area contributed by atoms with Crippen molar-refractivity contribution >= 4 is 23.2 Å². The lowest BCUT2D eigenvalue weighted by molar-refractivity contribution is -0.136. The maximum absolute atomic E-state index is 13.7. The first-order valence-electron chi connectivity index (χ1n) is 26.3. The molecule has 13 nitrogen and oxygen atoms in total. The molecule has 0 aliphatic carbocycles. The van der Waals surface area contributed by atoms with Crippen molar-refractivity contribution in [3.8, 4) is 12.1 Å². The highest BCUT2D eigenvalue weighted by molar-refractivity contribution is 5.79. The van der Waals surface area contributed by atoms with Crippen LogP contribution in [-0.2, 0) is 35.6 Å². The molecule has 5 aromatic carbocycles. The van der Waals surface area contributed by atoms with E-state index in [2.05, 4.69) is 141 Å². The average molecular weight is 998 g/mol. The summed E-state index contributed by atoms with van der Waals surface area (Å²) in [4.78, 5) is 49.1. The second kappa shape index (κ2) is 25.9. The van der Waals surface area contributed by atoms with Gasteiger partial charge in [-0.25, -0.2) is 0 Å². The van der Waals surface area contributed by atoms with Gasteiger partial charge in [0.25, 0.3) is 0 Å². The minimum atomic E-state index is 0.153. The van der Waals surface area contributed by atoms with E-state index >= 15 is 0 Å². The van der Waals surface area contributed by atoms with Gasteiger partial charge in [0.05, 0.1) is 49.7 Å². The summed E-state index contributed by atoms with van der Waals surface area (Å²) in [5.41, 5.74) is 8.50. The summed E-state index contributed by atoms with van der Waals surface area (Å²) in [7, 11) is 0. The van der Waals surface area contributed by atoms with Crippen molar-refractivity contribution in [3.63, 3.8) is 0 Å². The molecule has 1 aromatic heterocycles. The summed E-state index contributed by atoms with van der Waals surface area (Å²) in [6.45, 7) is 8.74. The molecule has 0 radical (unpaired) electrons. The molecule has 0 unspecified atom stereocenters. The second-order valence-corrected chi connectivity index (χ2v) is 19.8. The molecule has 5 heterocycles. The van der Waals surface area contributed by atoms with Crippen molar-refractivity contribution in [2.24, 2.45) is 0 Å². The van der Waals surface area contributed by atoms with Gasteiger partial charge in [0.1, 0.15) is 0 Å². The van der Waals surface area contributed by atoms with E-state index in [1.807, 2.05) is 91.4 Å². The lowest BCUT2D eigenvalue weighted by atomic mass is 10.0. The molecular formula is C62H67N11O2. The molecule has 4 aliphatic rings. The Morgan fingerprint density at radius 1 is 0.480 bits per heavy atom. The summed E-state index contributed by atoms with van der Waals surface area (Å²) in [5.74, 6) is 0.351. The van der Waals surface area contributed by atoms with Crippen molar-refractivity contribution < 1.29 is 9.59 Å². The van der Waals surface area contributed by atoms with Crippen LogP contribution in [0.5, 0.6) is 0 Å². The van der Waals surface area contributed by atoms with Crippen LogP contribution in [0.1, 0.15) is 59.1 Å². The van der Waals surface area contributed by atoms with E-state index < -0.39 is 0 Å². The van der Waals surface area contributed by atoms with Crippen molar-refractivity contribution in [1.29, 1.82) is 10.5 Å². The minimum Gasteiger partial charge on any atom is -0.371 e. The Morgan fingerprint density at radius 3 is 1.35 bits per heavy atom. The maximum atomic E-state index is 13.7. The number of rotatable bonds is 17. The topological polar surface area (TPSA) is 121 Å². The number of hydrogen-bond acceptors (Lipinski definition) is 11. The number of hydrogen-bond donors (Lipinski definition) is 0. The van der Waals surface area contributed by atoms with Crippen molar-refractivity contribution in [1.82, 2.24) is 34.4 Å². The lowest BCUT2D eigenvalue weighted by Gasteiger charge is -2.40. The number of carbonyl (C=O) groups excluding carboxylic acids is 2. The first kappa shape index (κ1) is 51.4. The van der Waals surface area contributed by atoms with Gasteiger partial charge < -0.3 is 39.2 Å². The van der Waals surface area contributed by atoms with Gasteiger partial charge in [-0.15, -0.1) is 0 Å². The fourth-order valence-electron chi connectivity index (χ4n) is 10.5. The predicted octanol–water partition coefficient (Wildman–Crippen LogP) is 9.04. The van der Waals surface area contributed by atoms with E-state index in [1.165, 1.54) is 16.9 Å². The molecule has 2 saturated heterocycles. The molecule has 13 heteroatoms. The first-order chi connectivity index (χ1) is 36.8. The minimum absolute atomic E-state index is 0.153. The van der Waals surface area contributed by atoms with E-state index in [1.54, 1.807) is 12.4 Å². The van der Waals surface area contributed by atoms with E-state index in [4.69, 9.17) is 10.5 Å². The maximum Gasteiger partial charge on any atom is 0.242 e. The molecule has 2 amide bonds. The summed E-state index contributed by atoms with van der Waals surface area (Å²) < 4.78 is 0. The van der Waals surface area contributed by atoms with E-state index in [9.17, 15) is 9.59 Å². The number of nitrogens with zero attached hydrogens (tertiary/aromatic N) is 11. The zero-order valence-electron chi connectivity index (χ0n) is 42.8. The number of pyridine rings is 1. The Kier molecular flexibility index (Phi) is 17.7. The van der Waals surface area contributed by atoms with Gasteiger partial charge in [-0.3, -0.25) is 14.6 Å². The highest BCUT2D eigenvalue weighted by Gasteiger charge is 2.31. The van der Waals surface area contributed by atoms with Crippen molar-refractivity contribution in [3.05, 3.63) is 222 Å². The summed E-state index contributed by atoms with van der Waals surface area (Å²) >= 11 is 0. The van der Waals surface area contributed by atoms with Crippen LogP contribution < -0.4 is 9.80 Å². The first-order valence-corrected chi connectivity index (χ1v) is 26.3. The number of nitriles is 2. The van der Waals surface area contributed by atoms with Crippen LogP contribution in [0, 0.1) is 22.7 Å². The summed E-state index contributed by atoms with van der Waals surface area (Å²) in [5, 5.41) is 18.0. The molecule has 0 bridgehead atoms. The Morgan fingerprint density at radius 2 is 0.893 bits per heavy atom. The normalized spacial score (nSPS) is 15.5. The number of anilines is 2. The third-order valence-electron chi connectivity index (χ3n) is 14.6. The third-order valence-corrected chi connectivity index (χ3v) is 14.6. The van der Waals surface area contributed by atoms with Crippen LogP contribution in [0.25, 0.3) is 0 Å². The molecule has 0 N–H and O–H groups in total. The number of amides is 2. The predicted molar refractivity (Wildman–Crippen MR) is 295 cm³/mol. The molecule has 75 heavy (non-hydrogen) atoms. The Bertz CT molecular complexity index is 2870. The lowest BCUT2D eigenvalue weighted by Crippen LogP contribution is -2.50. The van der Waals surface area contributed by atoms with Crippen LogP contribution in [0.15, 0.2) is 189 Å². The molecule has 2 fully saturated rings. The Balaban J connectivity index is 0.000000184. The molecule has 382 valence electrons. The van der Waals surface area contributed by atoms with Crippen LogP contribution in [0.4, 0.5) is 11.4 Å². The van der Waals surface area contributed by atoms with Gasteiger partial charge in [0.15, 0.2) is 0 Å². The van der Waals surface area contributed by atoms with Crippen molar-refractivity contribution in [2.45, 2.75) is 63.8 Å². The highest BCUT2D eigenvalue weighted by atomic mass is 16.2. The largest absolute Gasteiger partial charge is 0.371 e. The Hall–Kier alpha value is -8.55. The Labute approximate surface area is 443 Å². The highest BCUT2D eigenvalue weighted by Crippen LogP contribution is 2.26. The number of para-hydroxylation sites is 2. The molecule has 4 aliphatic heterocycles. The van der Waals surface area contributed by atoms with Crippen LogP contribution >= 0.6 is 0 Å². The van der Waals surface area contributed by atoms with Gasteiger partial charge in [-0.2, -0.15) is 10.5 Å². The smallest absolute Gasteiger partial charge is 0.242 e. The second-order valence-electron chi connectivity index (χ2n) is 19.8. The van der Waals surface area contributed by atoms with Crippen LogP contribution in [-0.4, -0.2) is 117 Å². The van der Waals surface area contributed by atoms with E-state index in [0.29, 0.717) is 44.1 Å². The standard InChI is InChI=1S/C32H35N5O.C30H32N6O/c33-23-28-11-13-29(14-12-28)24-34-21-22-35(26-34)25-32(38)37(20-15-27-7-3-1-4-8-27)31-16-18-36(19-17-31)30-9-5-2-6-10-30;31-20-25-6-8-26(9-7-25)21-33-18-19-34(24-33)23-30(37)36(22-27-10-14-32-15-11-27)29-12-16-35(17-13-29)28-4-2-1-3-5-28/h1-14,21-22,31H,15-20,24-26H2;1-11,14-15,18-19,29H,12-13,16-17,21-24H2. The zero-order valence-corrected chi connectivity index (χ0v) is 42.8. The van der Waals surface area contributed by atoms with Gasteiger partial charge in [-0.05, 0) is 115 Å². The van der Waals surface area contributed by atoms with Gasteiger partial charge in [0, 0.05) is 113 Å². The van der Waals surface area contributed by atoms with E-state index in [-0.39, 0.29) is 23.9 Å². The average Bonchev–Trinajstić information content (AvgIpc) is 4.12.